The SMILES string of the molecule is CC1(Cc2ccccc2F)CCCN1. The molecule has 0 aliphatic carbocycles. The summed E-state index contributed by atoms with van der Waals surface area (Å²) in [6.07, 6.45) is 3.13. The van der Waals surface area contributed by atoms with Gasteiger partial charge in [-0.2, -0.15) is 0 Å². The van der Waals surface area contributed by atoms with E-state index in [4.69, 9.17) is 0 Å². The van der Waals surface area contributed by atoms with Crippen molar-refractivity contribution in [2.75, 3.05) is 6.54 Å². The van der Waals surface area contributed by atoms with E-state index < -0.39 is 0 Å². The van der Waals surface area contributed by atoms with Crippen LogP contribution in [0.1, 0.15) is 25.3 Å². The molecule has 1 nitrogen and oxygen atoms in total. The Balaban J connectivity index is 2.14. The van der Waals surface area contributed by atoms with Crippen molar-refractivity contribution in [3.8, 4) is 0 Å². The lowest BCUT2D eigenvalue weighted by Crippen LogP contribution is -2.38. The molecule has 2 rings (SSSR count). The molecule has 0 saturated carbocycles. The zero-order valence-corrected chi connectivity index (χ0v) is 8.52. The fourth-order valence-corrected chi connectivity index (χ4v) is 2.17. The number of nitrogens with one attached hydrogen (secondary N) is 1. The first-order valence-corrected chi connectivity index (χ1v) is 5.18. The molecule has 1 N–H and O–H groups in total. The molecule has 76 valence electrons. The van der Waals surface area contributed by atoms with Gasteiger partial charge in [-0.1, -0.05) is 18.2 Å². The Morgan fingerprint density at radius 1 is 1.43 bits per heavy atom. The molecule has 0 aromatic heterocycles. The third kappa shape index (κ3) is 1.95. The molecule has 1 aromatic carbocycles. The predicted molar refractivity (Wildman–Crippen MR) is 55.7 cm³/mol. The van der Waals surface area contributed by atoms with Crippen LogP contribution in [-0.4, -0.2) is 12.1 Å². The molecule has 1 saturated heterocycles. The summed E-state index contributed by atoms with van der Waals surface area (Å²) in [5, 5.41) is 3.44. The number of hydrogen-bond donors (Lipinski definition) is 1. The maximum atomic E-state index is 13.4. The summed E-state index contributed by atoms with van der Waals surface area (Å²) in [5.74, 6) is -0.0811. The zero-order chi connectivity index (χ0) is 10.0. The predicted octanol–water partition coefficient (Wildman–Crippen LogP) is 2.51. The molecule has 0 amide bonds. The standard InChI is InChI=1S/C12H16FN/c1-12(7-4-8-14-12)9-10-5-2-3-6-11(10)13/h2-3,5-6,14H,4,7-9H2,1H3. The monoisotopic (exact) mass is 193 g/mol. The molecule has 0 radical (unpaired) electrons. The maximum absolute atomic E-state index is 13.4. The van der Waals surface area contributed by atoms with Gasteiger partial charge >= 0.3 is 0 Å². The van der Waals surface area contributed by atoms with E-state index >= 15 is 0 Å². The summed E-state index contributed by atoms with van der Waals surface area (Å²) in [4.78, 5) is 0. The van der Waals surface area contributed by atoms with Crippen molar-refractivity contribution in [1.82, 2.24) is 5.32 Å². The zero-order valence-electron chi connectivity index (χ0n) is 8.52. The van der Waals surface area contributed by atoms with Crippen molar-refractivity contribution in [3.63, 3.8) is 0 Å². The summed E-state index contributed by atoms with van der Waals surface area (Å²) in [6, 6.07) is 7.05. The van der Waals surface area contributed by atoms with Gasteiger partial charge in [-0.15, -0.1) is 0 Å². The van der Waals surface area contributed by atoms with E-state index in [0.717, 1.165) is 24.9 Å². The number of rotatable bonds is 2. The van der Waals surface area contributed by atoms with Crippen LogP contribution in [0.15, 0.2) is 24.3 Å². The fourth-order valence-electron chi connectivity index (χ4n) is 2.17. The Kier molecular flexibility index (Phi) is 2.55. The number of halogens is 1. The van der Waals surface area contributed by atoms with Crippen molar-refractivity contribution < 1.29 is 4.39 Å². The normalized spacial score (nSPS) is 26.7. The van der Waals surface area contributed by atoms with Crippen LogP contribution < -0.4 is 5.32 Å². The minimum absolute atomic E-state index is 0.0811. The van der Waals surface area contributed by atoms with Gasteiger partial charge < -0.3 is 5.32 Å². The van der Waals surface area contributed by atoms with Crippen LogP contribution in [0.4, 0.5) is 4.39 Å². The Morgan fingerprint density at radius 2 is 2.21 bits per heavy atom. The second-order valence-corrected chi connectivity index (χ2v) is 4.36. The van der Waals surface area contributed by atoms with Gasteiger partial charge in [-0.25, -0.2) is 4.39 Å². The first-order chi connectivity index (χ1) is 6.70. The van der Waals surface area contributed by atoms with E-state index in [1.807, 2.05) is 12.1 Å². The van der Waals surface area contributed by atoms with Gasteiger partial charge in [-0.05, 0) is 44.4 Å². The first-order valence-electron chi connectivity index (χ1n) is 5.18. The average molecular weight is 193 g/mol. The van der Waals surface area contributed by atoms with Crippen LogP contribution in [-0.2, 0) is 6.42 Å². The summed E-state index contributed by atoms with van der Waals surface area (Å²) in [7, 11) is 0. The van der Waals surface area contributed by atoms with Crippen LogP contribution in [0.2, 0.25) is 0 Å². The molecule has 0 bridgehead atoms. The van der Waals surface area contributed by atoms with Crippen molar-refractivity contribution >= 4 is 0 Å². The molecule has 1 fully saturated rings. The highest BCUT2D eigenvalue weighted by Crippen LogP contribution is 2.24. The van der Waals surface area contributed by atoms with Gasteiger partial charge in [-0.3, -0.25) is 0 Å². The van der Waals surface area contributed by atoms with Crippen LogP contribution in [0.25, 0.3) is 0 Å². The molecular weight excluding hydrogens is 177 g/mol. The lowest BCUT2D eigenvalue weighted by atomic mass is 9.91. The summed E-state index contributed by atoms with van der Waals surface area (Å²) in [5.41, 5.74) is 0.923. The maximum Gasteiger partial charge on any atom is 0.126 e. The van der Waals surface area contributed by atoms with Crippen LogP contribution in [0.3, 0.4) is 0 Å². The highest BCUT2D eigenvalue weighted by atomic mass is 19.1. The summed E-state index contributed by atoms with van der Waals surface area (Å²) >= 11 is 0. The molecule has 1 heterocycles. The fraction of sp³-hybridized carbons (Fsp3) is 0.500. The molecule has 14 heavy (non-hydrogen) atoms. The van der Waals surface area contributed by atoms with Crippen molar-refractivity contribution in [1.29, 1.82) is 0 Å². The minimum atomic E-state index is -0.0811. The first kappa shape index (κ1) is 9.66. The molecule has 1 unspecified atom stereocenters. The molecule has 1 aliphatic heterocycles. The Bertz CT molecular complexity index is 316. The highest BCUT2D eigenvalue weighted by Gasteiger charge is 2.28. The Morgan fingerprint density at radius 3 is 2.86 bits per heavy atom. The molecule has 1 aliphatic rings. The smallest absolute Gasteiger partial charge is 0.126 e. The van der Waals surface area contributed by atoms with E-state index in [1.165, 1.54) is 12.5 Å². The topological polar surface area (TPSA) is 12.0 Å². The quantitative estimate of drug-likeness (QED) is 0.761. The summed E-state index contributed by atoms with van der Waals surface area (Å²) in [6.45, 7) is 3.23. The van der Waals surface area contributed by atoms with Gasteiger partial charge in [0.15, 0.2) is 0 Å². The summed E-state index contributed by atoms with van der Waals surface area (Å²) < 4.78 is 13.4. The highest BCUT2D eigenvalue weighted by molar-refractivity contribution is 5.20. The van der Waals surface area contributed by atoms with E-state index in [9.17, 15) is 4.39 Å². The largest absolute Gasteiger partial charge is 0.311 e. The van der Waals surface area contributed by atoms with E-state index in [2.05, 4.69) is 12.2 Å². The van der Waals surface area contributed by atoms with E-state index in [-0.39, 0.29) is 11.4 Å². The van der Waals surface area contributed by atoms with Crippen molar-refractivity contribution in [2.45, 2.75) is 31.7 Å². The second kappa shape index (κ2) is 3.70. The lowest BCUT2D eigenvalue weighted by molar-refractivity contribution is 0.405. The molecule has 1 atom stereocenters. The van der Waals surface area contributed by atoms with E-state index in [0.29, 0.717) is 0 Å². The van der Waals surface area contributed by atoms with Crippen molar-refractivity contribution in [3.05, 3.63) is 35.6 Å². The van der Waals surface area contributed by atoms with Crippen molar-refractivity contribution in [2.24, 2.45) is 0 Å². The van der Waals surface area contributed by atoms with Crippen LogP contribution >= 0.6 is 0 Å². The van der Waals surface area contributed by atoms with Gasteiger partial charge in [0.2, 0.25) is 0 Å². The van der Waals surface area contributed by atoms with Gasteiger partial charge in [0, 0.05) is 5.54 Å². The number of benzene rings is 1. The minimum Gasteiger partial charge on any atom is -0.311 e. The van der Waals surface area contributed by atoms with Gasteiger partial charge in [0.25, 0.3) is 0 Å². The second-order valence-electron chi connectivity index (χ2n) is 4.36. The van der Waals surface area contributed by atoms with Gasteiger partial charge in [0.1, 0.15) is 5.82 Å². The molecule has 2 heteroatoms. The average Bonchev–Trinajstić information content (AvgIpc) is 2.57. The molecular formula is C12H16FN. The van der Waals surface area contributed by atoms with Crippen LogP contribution in [0.5, 0.6) is 0 Å². The van der Waals surface area contributed by atoms with Crippen LogP contribution in [0, 0.1) is 5.82 Å². The third-order valence-electron chi connectivity index (χ3n) is 3.00. The van der Waals surface area contributed by atoms with E-state index in [1.54, 1.807) is 6.07 Å². The molecule has 0 spiro atoms. The molecule has 1 aromatic rings. The van der Waals surface area contributed by atoms with Gasteiger partial charge in [0.05, 0.1) is 0 Å². The lowest BCUT2D eigenvalue weighted by Gasteiger charge is -2.24. The Hall–Kier alpha value is -0.890. The number of hydrogen-bond acceptors (Lipinski definition) is 1. The Labute approximate surface area is 84.3 Å². The third-order valence-corrected chi connectivity index (χ3v) is 3.00.